The number of halogens is 3. The molecule has 29 heavy (non-hydrogen) atoms. The highest BCUT2D eigenvalue weighted by Gasteiger charge is 2.13. The molecule has 0 fully saturated rings. The monoisotopic (exact) mass is 455 g/mol. The zero-order valence-corrected chi connectivity index (χ0v) is 17.0. The first-order valence-electron chi connectivity index (χ1n) is 8.63. The molecule has 0 aliphatic carbocycles. The highest BCUT2D eigenvalue weighted by atomic mass is 79.9. The summed E-state index contributed by atoms with van der Waals surface area (Å²) in [5.41, 5.74) is 1.71. The largest absolute Gasteiger partial charge is 0.493 e. The Labute approximate surface area is 175 Å². The van der Waals surface area contributed by atoms with Gasteiger partial charge in [0.05, 0.1) is 23.2 Å². The molecule has 6 heteroatoms. The van der Waals surface area contributed by atoms with Crippen LogP contribution in [0.2, 0.25) is 0 Å². The van der Waals surface area contributed by atoms with Crippen LogP contribution < -0.4 is 9.47 Å². The zero-order chi connectivity index (χ0) is 20.8. The van der Waals surface area contributed by atoms with Gasteiger partial charge in [-0.1, -0.05) is 30.3 Å². The average molecular weight is 456 g/mol. The summed E-state index contributed by atoms with van der Waals surface area (Å²) in [6.07, 6.45) is 1.57. The minimum Gasteiger partial charge on any atom is -0.493 e. The molecule has 0 N–H and O–H groups in total. The van der Waals surface area contributed by atoms with Crippen molar-refractivity contribution in [2.24, 2.45) is 0 Å². The molecular formula is C23H16BrF2NO2. The highest BCUT2D eigenvalue weighted by molar-refractivity contribution is 9.10. The SMILES string of the molecule is COc1cc(/C=C(/C#N)c2ccccc2F)cc(Br)c1OCc1cccc(F)c1. The summed E-state index contributed by atoms with van der Waals surface area (Å²) in [4.78, 5) is 0. The topological polar surface area (TPSA) is 42.2 Å². The number of hydrogen-bond acceptors (Lipinski definition) is 3. The first kappa shape index (κ1) is 20.6. The van der Waals surface area contributed by atoms with E-state index in [0.717, 1.165) is 0 Å². The average Bonchev–Trinajstić information content (AvgIpc) is 2.71. The second-order valence-electron chi connectivity index (χ2n) is 6.10. The summed E-state index contributed by atoms with van der Waals surface area (Å²) < 4.78 is 39.2. The van der Waals surface area contributed by atoms with E-state index in [2.05, 4.69) is 15.9 Å². The van der Waals surface area contributed by atoms with Crippen molar-refractivity contribution < 1.29 is 18.3 Å². The lowest BCUT2D eigenvalue weighted by atomic mass is 10.0. The third-order valence-corrected chi connectivity index (χ3v) is 4.71. The predicted molar refractivity (Wildman–Crippen MR) is 111 cm³/mol. The molecule has 0 aliphatic rings. The molecule has 0 aliphatic heterocycles. The molecule has 3 rings (SSSR count). The van der Waals surface area contributed by atoms with Crippen molar-refractivity contribution in [3.05, 3.63) is 93.5 Å². The number of nitriles is 1. The zero-order valence-electron chi connectivity index (χ0n) is 15.5. The summed E-state index contributed by atoms with van der Waals surface area (Å²) in [5, 5.41) is 9.47. The van der Waals surface area contributed by atoms with Gasteiger partial charge in [0.1, 0.15) is 18.2 Å². The van der Waals surface area contributed by atoms with Gasteiger partial charge in [0.15, 0.2) is 11.5 Å². The van der Waals surface area contributed by atoms with E-state index in [1.807, 2.05) is 6.07 Å². The minimum absolute atomic E-state index is 0.153. The molecular weight excluding hydrogens is 440 g/mol. The lowest BCUT2D eigenvalue weighted by Gasteiger charge is -2.14. The number of methoxy groups -OCH3 is 1. The Morgan fingerprint density at radius 3 is 2.59 bits per heavy atom. The number of rotatable bonds is 6. The number of nitrogens with zero attached hydrogens (tertiary/aromatic N) is 1. The maximum absolute atomic E-state index is 14.0. The van der Waals surface area contributed by atoms with Crippen molar-refractivity contribution >= 4 is 27.6 Å². The first-order valence-corrected chi connectivity index (χ1v) is 9.42. The Balaban J connectivity index is 1.92. The predicted octanol–water partition coefficient (Wildman–Crippen LogP) is 6.38. The van der Waals surface area contributed by atoms with Crippen LogP contribution in [0.4, 0.5) is 8.78 Å². The van der Waals surface area contributed by atoms with Gasteiger partial charge in [-0.2, -0.15) is 5.26 Å². The molecule has 0 saturated heterocycles. The molecule has 0 saturated carbocycles. The molecule has 0 unspecified atom stereocenters. The molecule has 0 aromatic heterocycles. The first-order chi connectivity index (χ1) is 14.0. The third-order valence-electron chi connectivity index (χ3n) is 4.12. The Kier molecular flexibility index (Phi) is 6.63. The number of allylic oxidation sites excluding steroid dienone is 1. The molecule has 3 nitrogen and oxygen atoms in total. The van der Waals surface area contributed by atoms with Gasteiger partial charge in [-0.05, 0) is 63.5 Å². The van der Waals surface area contributed by atoms with Gasteiger partial charge in [-0.15, -0.1) is 0 Å². The fraction of sp³-hybridized carbons (Fsp3) is 0.0870. The molecule has 0 bridgehead atoms. The maximum Gasteiger partial charge on any atom is 0.175 e. The third kappa shape index (κ3) is 5.01. The van der Waals surface area contributed by atoms with E-state index >= 15 is 0 Å². The Morgan fingerprint density at radius 1 is 1.10 bits per heavy atom. The van der Waals surface area contributed by atoms with Gasteiger partial charge in [0, 0.05) is 5.56 Å². The molecule has 0 heterocycles. The van der Waals surface area contributed by atoms with E-state index in [-0.39, 0.29) is 23.6 Å². The molecule has 3 aromatic carbocycles. The van der Waals surface area contributed by atoms with Gasteiger partial charge < -0.3 is 9.47 Å². The molecule has 0 spiro atoms. The van der Waals surface area contributed by atoms with Gasteiger partial charge in [-0.25, -0.2) is 8.78 Å². The van der Waals surface area contributed by atoms with E-state index in [0.29, 0.717) is 27.1 Å². The van der Waals surface area contributed by atoms with Crippen LogP contribution in [-0.4, -0.2) is 7.11 Å². The second-order valence-corrected chi connectivity index (χ2v) is 6.96. The van der Waals surface area contributed by atoms with E-state index in [1.165, 1.54) is 25.3 Å². The Hall–Kier alpha value is -3.17. The number of benzene rings is 3. The lowest BCUT2D eigenvalue weighted by Crippen LogP contribution is -1.99. The van der Waals surface area contributed by atoms with E-state index in [9.17, 15) is 14.0 Å². The van der Waals surface area contributed by atoms with Crippen molar-refractivity contribution in [3.8, 4) is 17.6 Å². The van der Waals surface area contributed by atoms with Gasteiger partial charge in [0.2, 0.25) is 0 Å². The summed E-state index contributed by atoms with van der Waals surface area (Å²) in [6.45, 7) is 0.153. The van der Waals surface area contributed by atoms with Crippen LogP contribution in [0.5, 0.6) is 11.5 Å². The normalized spacial score (nSPS) is 11.1. The smallest absolute Gasteiger partial charge is 0.175 e. The molecule has 0 atom stereocenters. The van der Waals surface area contributed by atoms with Gasteiger partial charge in [0.25, 0.3) is 0 Å². The summed E-state index contributed by atoms with van der Waals surface area (Å²) in [5.74, 6) is 0.0577. The fourth-order valence-electron chi connectivity index (χ4n) is 2.76. The van der Waals surface area contributed by atoms with E-state index in [4.69, 9.17) is 9.47 Å². The standard InChI is InChI=1S/C23H16BrF2NO2/c1-28-22-12-16(9-17(13-27)19-7-2-3-8-21(19)26)11-20(24)23(22)29-14-15-5-4-6-18(25)10-15/h2-12H,14H2,1H3/b17-9-. The lowest BCUT2D eigenvalue weighted by molar-refractivity contribution is 0.282. The van der Waals surface area contributed by atoms with Crippen LogP contribution in [-0.2, 0) is 6.61 Å². The van der Waals surface area contributed by atoms with Crippen LogP contribution in [0.3, 0.4) is 0 Å². The summed E-state index contributed by atoms with van der Waals surface area (Å²) in [7, 11) is 1.49. The van der Waals surface area contributed by atoms with Crippen molar-refractivity contribution in [1.29, 1.82) is 5.26 Å². The molecule has 146 valence electrons. The van der Waals surface area contributed by atoms with Crippen molar-refractivity contribution in [2.45, 2.75) is 6.61 Å². The van der Waals surface area contributed by atoms with Gasteiger partial charge >= 0.3 is 0 Å². The fourth-order valence-corrected chi connectivity index (χ4v) is 3.34. The van der Waals surface area contributed by atoms with Crippen LogP contribution in [0, 0.1) is 23.0 Å². The van der Waals surface area contributed by atoms with Crippen LogP contribution in [0.1, 0.15) is 16.7 Å². The Bertz CT molecular complexity index is 1110. The van der Waals surface area contributed by atoms with Gasteiger partial charge in [-0.3, -0.25) is 0 Å². The minimum atomic E-state index is -0.471. The van der Waals surface area contributed by atoms with Crippen LogP contribution in [0.25, 0.3) is 11.6 Å². The highest BCUT2D eigenvalue weighted by Crippen LogP contribution is 2.38. The Morgan fingerprint density at radius 2 is 1.90 bits per heavy atom. The number of ether oxygens (including phenoxy) is 2. The quantitative estimate of drug-likeness (QED) is 0.319. The molecule has 3 aromatic rings. The van der Waals surface area contributed by atoms with Crippen molar-refractivity contribution in [3.63, 3.8) is 0 Å². The van der Waals surface area contributed by atoms with E-state index in [1.54, 1.807) is 48.5 Å². The van der Waals surface area contributed by atoms with Crippen molar-refractivity contribution in [1.82, 2.24) is 0 Å². The van der Waals surface area contributed by atoms with Crippen LogP contribution in [0.15, 0.2) is 65.1 Å². The molecule has 0 radical (unpaired) electrons. The number of hydrogen-bond donors (Lipinski definition) is 0. The van der Waals surface area contributed by atoms with Crippen molar-refractivity contribution in [2.75, 3.05) is 7.11 Å². The second kappa shape index (κ2) is 9.35. The summed E-state index contributed by atoms with van der Waals surface area (Å²) >= 11 is 3.44. The van der Waals surface area contributed by atoms with E-state index < -0.39 is 5.82 Å². The summed E-state index contributed by atoms with van der Waals surface area (Å²) in [6, 6.07) is 17.7. The molecule has 0 amide bonds. The van der Waals surface area contributed by atoms with Crippen LogP contribution >= 0.6 is 15.9 Å². The maximum atomic E-state index is 14.0.